The molecule has 6 aromatic rings. The number of piperidine rings is 2. The molecule has 14 heteroatoms. The molecule has 56 heavy (non-hydrogen) atoms. The molecule has 0 spiro atoms. The quantitative estimate of drug-likeness (QED) is 0.173. The van der Waals surface area contributed by atoms with Crippen LogP contribution in [-0.4, -0.2) is 82.4 Å². The van der Waals surface area contributed by atoms with Crippen molar-refractivity contribution in [3.05, 3.63) is 114 Å². The van der Waals surface area contributed by atoms with E-state index in [0.29, 0.717) is 35.8 Å². The molecule has 2 saturated heterocycles. The van der Waals surface area contributed by atoms with E-state index < -0.39 is 11.9 Å². The van der Waals surface area contributed by atoms with Crippen LogP contribution in [0.15, 0.2) is 91.5 Å². The second-order valence-corrected chi connectivity index (χ2v) is 15.0. The van der Waals surface area contributed by atoms with Crippen LogP contribution in [0.2, 0.25) is 0 Å². The Labute approximate surface area is 322 Å². The molecular formula is C42H39N11O3. The summed E-state index contributed by atoms with van der Waals surface area (Å²) >= 11 is 0. The molecule has 3 amide bonds. The van der Waals surface area contributed by atoms with Gasteiger partial charge in [0, 0.05) is 72.6 Å². The van der Waals surface area contributed by atoms with E-state index in [1.165, 1.54) is 11.1 Å². The lowest BCUT2D eigenvalue weighted by Gasteiger charge is -2.36. The number of carbonyl (C=O) groups is 3. The number of benzene rings is 3. The Morgan fingerprint density at radius 1 is 0.786 bits per heavy atom. The predicted molar refractivity (Wildman–Crippen MR) is 209 cm³/mol. The molecule has 2 atom stereocenters. The summed E-state index contributed by atoms with van der Waals surface area (Å²) in [6.07, 6.45) is 12.2. The first-order chi connectivity index (χ1) is 27.4. The van der Waals surface area contributed by atoms with Gasteiger partial charge in [0.15, 0.2) is 0 Å². The number of hydrogen-bond donors (Lipinski definition) is 3. The number of hydrogen-bond acceptors (Lipinski definition) is 11. The van der Waals surface area contributed by atoms with Crippen LogP contribution in [0, 0.1) is 0 Å². The van der Waals surface area contributed by atoms with Gasteiger partial charge in [-0.25, -0.2) is 9.97 Å². The average Bonchev–Trinajstić information content (AvgIpc) is 3.96. The van der Waals surface area contributed by atoms with Crippen LogP contribution in [0.3, 0.4) is 0 Å². The van der Waals surface area contributed by atoms with Crippen molar-refractivity contribution >= 4 is 51.9 Å². The van der Waals surface area contributed by atoms with Crippen molar-refractivity contribution in [1.82, 2.24) is 44.8 Å². The molecule has 10 rings (SSSR count). The zero-order valence-electron chi connectivity index (χ0n) is 30.6. The average molecular weight is 746 g/mol. The lowest BCUT2D eigenvalue weighted by atomic mass is 10.0. The molecule has 6 heterocycles. The number of imide groups is 1. The third-order valence-corrected chi connectivity index (χ3v) is 11.6. The number of aromatic nitrogens is 6. The number of para-hydroxylation sites is 2. The summed E-state index contributed by atoms with van der Waals surface area (Å²) in [6, 6.07) is 21.8. The van der Waals surface area contributed by atoms with Gasteiger partial charge in [0.1, 0.15) is 11.9 Å². The fourth-order valence-corrected chi connectivity index (χ4v) is 8.67. The van der Waals surface area contributed by atoms with Gasteiger partial charge >= 0.3 is 0 Å². The van der Waals surface area contributed by atoms with Crippen molar-refractivity contribution < 1.29 is 14.4 Å². The molecule has 3 aliphatic heterocycles. The molecule has 2 unspecified atom stereocenters. The SMILES string of the molecule is O=C1CCC(N2Cc3c(Nc4ccnc(Nc5ccc6c(c5)CC(N5CCC(n7cc(-c8cnc9ccccc9n8)cn7)CC5)C6)n4)cccc3C2=O)C(=O)N1. The number of rotatable bonds is 8. The van der Waals surface area contributed by atoms with Crippen molar-refractivity contribution in [3.63, 3.8) is 0 Å². The maximum atomic E-state index is 13.3. The summed E-state index contributed by atoms with van der Waals surface area (Å²) in [4.78, 5) is 60.3. The molecule has 3 aromatic carbocycles. The number of amides is 3. The van der Waals surface area contributed by atoms with Gasteiger partial charge in [-0.1, -0.05) is 24.3 Å². The minimum atomic E-state index is -0.675. The number of anilines is 4. The summed E-state index contributed by atoms with van der Waals surface area (Å²) in [6.45, 7) is 2.32. The topological polar surface area (TPSA) is 163 Å². The molecule has 14 nitrogen and oxygen atoms in total. The lowest BCUT2D eigenvalue weighted by molar-refractivity contribution is -0.136. The van der Waals surface area contributed by atoms with Crippen molar-refractivity contribution in [1.29, 1.82) is 0 Å². The number of likely N-dealkylation sites (tertiary alicyclic amines) is 1. The third kappa shape index (κ3) is 6.41. The molecule has 3 aromatic heterocycles. The molecule has 2 fully saturated rings. The summed E-state index contributed by atoms with van der Waals surface area (Å²) in [5.74, 6) is 0.0671. The van der Waals surface area contributed by atoms with E-state index in [1.807, 2.05) is 48.8 Å². The molecule has 1 aliphatic carbocycles. The number of carbonyl (C=O) groups excluding carboxylic acids is 3. The normalized spacial score (nSPS) is 19.9. The van der Waals surface area contributed by atoms with Gasteiger partial charge in [-0.2, -0.15) is 10.1 Å². The van der Waals surface area contributed by atoms with Crippen LogP contribution in [0.5, 0.6) is 0 Å². The number of fused-ring (bicyclic) bond motifs is 3. The van der Waals surface area contributed by atoms with E-state index in [2.05, 4.69) is 59.9 Å². The Morgan fingerprint density at radius 2 is 1.64 bits per heavy atom. The molecule has 0 radical (unpaired) electrons. The Morgan fingerprint density at radius 3 is 2.52 bits per heavy atom. The summed E-state index contributed by atoms with van der Waals surface area (Å²) in [5, 5.41) is 13.8. The van der Waals surface area contributed by atoms with Gasteiger partial charge < -0.3 is 15.5 Å². The maximum Gasteiger partial charge on any atom is 0.255 e. The van der Waals surface area contributed by atoms with Gasteiger partial charge in [-0.15, -0.1) is 0 Å². The summed E-state index contributed by atoms with van der Waals surface area (Å²) in [7, 11) is 0. The van der Waals surface area contributed by atoms with Crippen LogP contribution in [0.25, 0.3) is 22.3 Å². The van der Waals surface area contributed by atoms with Crippen LogP contribution >= 0.6 is 0 Å². The minimum absolute atomic E-state index is 0.210. The summed E-state index contributed by atoms with van der Waals surface area (Å²) in [5.41, 5.74) is 9.32. The Kier molecular flexibility index (Phi) is 8.47. The highest BCUT2D eigenvalue weighted by Crippen LogP contribution is 2.35. The zero-order chi connectivity index (χ0) is 37.8. The van der Waals surface area contributed by atoms with Crippen molar-refractivity contribution in [2.45, 2.75) is 63.2 Å². The first-order valence-corrected chi connectivity index (χ1v) is 19.2. The van der Waals surface area contributed by atoms with Crippen LogP contribution in [0.4, 0.5) is 23.1 Å². The monoisotopic (exact) mass is 745 g/mol. The second-order valence-electron chi connectivity index (χ2n) is 15.0. The zero-order valence-corrected chi connectivity index (χ0v) is 30.6. The molecule has 3 N–H and O–H groups in total. The molecular weight excluding hydrogens is 707 g/mol. The van der Waals surface area contributed by atoms with E-state index in [9.17, 15) is 14.4 Å². The minimum Gasteiger partial charge on any atom is -0.340 e. The van der Waals surface area contributed by atoms with Gasteiger partial charge in [0.25, 0.3) is 5.91 Å². The fourth-order valence-electron chi connectivity index (χ4n) is 8.67. The highest BCUT2D eigenvalue weighted by molar-refractivity contribution is 6.06. The van der Waals surface area contributed by atoms with Gasteiger partial charge in [0.2, 0.25) is 17.8 Å². The molecule has 280 valence electrons. The van der Waals surface area contributed by atoms with E-state index in [0.717, 1.165) is 78.0 Å². The van der Waals surface area contributed by atoms with Crippen molar-refractivity contribution in [2.75, 3.05) is 23.7 Å². The first-order valence-electron chi connectivity index (χ1n) is 19.2. The van der Waals surface area contributed by atoms with E-state index in [4.69, 9.17) is 15.1 Å². The van der Waals surface area contributed by atoms with E-state index >= 15 is 0 Å². The van der Waals surface area contributed by atoms with Crippen LogP contribution in [-0.2, 0) is 29.0 Å². The van der Waals surface area contributed by atoms with E-state index in [-0.39, 0.29) is 24.8 Å². The second kappa shape index (κ2) is 13.9. The standard InChI is InChI=1S/C42H39N11O3/c54-39-11-10-37(40(55)50-39)52-24-32-31(41(52)56)4-3-7-33(32)48-38-12-15-43-42(49-38)46-28-9-8-25-19-30(20-26(25)18-28)51-16-13-29(14-17-51)53-23-27(21-45-53)36-22-44-34-5-1-2-6-35(34)47-36/h1-9,12,15,18,21-23,29-30,37H,10-11,13-14,16-17,19-20,24H2,(H,50,54,55)(H2,43,46,48,49). The van der Waals surface area contributed by atoms with Crippen molar-refractivity contribution in [3.8, 4) is 11.3 Å². The Balaban J connectivity index is 0.757. The first kappa shape index (κ1) is 34.0. The predicted octanol–water partition coefficient (Wildman–Crippen LogP) is 5.34. The smallest absolute Gasteiger partial charge is 0.255 e. The largest absolute Gasteiger partial charge is 0.340 e. The highest BCUT2D eigenvalue weighted by atomic mass is 16.2. The lowest BCUT2D eigenvalue weighted by Crippen LogP contribution is -2.52. The van der Waals surface area contributed by atoms with Crippen LogP contribution in [0.1, 0.15) is 58.8 Å². The van der Waals surface area contributed by atoms with Gasteiger partial charge in [-0.3, -0.25) is 34.3 Å². The van der Waals surface area contributed by atoms with Gasteiger partial charge in [-0.05, 0) is 85.7 Å². The molecule has 4 aliphatic rings. The molecule has 0 saturated carbocycles. The number of nitrogens with zero attached hydrogens (tertiary/aromatic N) is 8. The summed E-state index contributed by atoms with van der Waals surface area (Å²) < 4.78 is 2.11. The fraction of sp³-hybridized carbons (Fsp3) is 0.286. The Hall–Kier alpha value is -6.54. The van der Waals surface area contributed by atoms with E-state index in [1.54, 1.807) is 23.2 Å². The highest BCUT2D eigenvalue weighted by Gasteiger charge is 2.40. The Bertz CT molecular complexity index is 2530. The molecule has 0 bridgehead atoms. The van der Waals surface area contributed by atoms with Crippen LogP contribution < -0.4 is 16.0 Å². The van der Waals surface area contributed by atoms with Crippen molar-refractivity contribution in [2.24, 2.45) is 0 Å². The number of nitrogens with one attached hydrogen (secondary N) is 3. The van der Waals surface area contributed by atoms with Gasteiger partial charge in [0.05, 0.1) is 35.2 Å². The third-order valence-electron chi connectivity index (χ3n) is 11.6. The maximum absolute atomic E-state index is 13.3.